The lowest BCUT2D eigenvalue weighted by molar-refractivity contribution is 0.635. The van der Waals surface area contributed by atoms with E-state index < -0.39 is 0 Å². The summed E-state index contributed by atoms with van der Waals surface area (Å²) >= 11 is 0. The zero-order valence-electron chi connectivity index (χ0n) is 32.9. The van der Waals surface area contributed by atoms with E-state index >= 15 is 0 Å². The van der Waals surface area contributed by atoms with E-state index in [0.717, 1.165) is 29.1 Å². The van der Waals surface area contributed by atoms with Crippen LogP contribution in [0, 0.1) is 0 Å². The third kappa shape index (κ3) is 6.24. The molecule has 8 aromatic carbocycles. The third-order valence-corrected chi connectivity index (χ3v) is 12.0. The van der Waals surface area contributed by atoms with Crippen molar-refractivity contribution in [3.05, 3.63) is 230 Å². The predicted molar refractivity (Wildman–Crippen MR) is 248 cm³/mol. The van der Waals surface area contributed by atoms with E-state index in [-0.39, 0.29) is 5.41 Å². The van der Waals surface area contributed by atoms with Crippen molar-refractivity contribution in [3.63, 3.8) is 0 Å². The van der Waals surface area contributed by atoms with E-state index in [1.807, 2.05) is 0 Å². The van der Waals surface area contributed by atoms with Gasteiger partial charge in [-0.15, -0.1) is 0 Å². The molecule has 0 saturated carbocycles. The number of para-hydroxylation sites is 2. The molecule has 0 aliphatic heterocycles. The Bertz CT molecular complexity index is 3080. The molecule has 58 heavy (non-hydrogen) atoms. The number of aromatic nitrogens is 1. The Morgan fingerprint density at radius 3 is 2.02 bits per heavy atom. The number of benzene rings is 8. The molecule has 1 heterocycles. The lowest BCUT2D eigenvalue weighted by atomic mass is 9.75. The molecule has 9 aromatic rings. The molecular weight excluding hydrogens is 701 g/mol. The Hall–Kier alpha value is -7.16. The van der Waals surface area contributed by atoms with E-state index in [0.29, 0.717) is 0 Å². The van der Waals surface area contributed by atoms with Gasteiger partial charge in [0.1, 0.15) is 0 Å². The summed E-state index contributed by atoms with van der Waals surface area (Å²) in [6, 6.07) is 66.6. The average Bonchev–Trinajstić information content (AvgIpc) is 3.62. The largest absolute Gasteiger partial charge is 0.310 e. The molecule has 1 aliphatic rings. The summed E-state index contributed by atoms with van der Waals surface area (Å²) in [6.07, 6.45) is 9.50. The van der Waals surface area contributed by atoms with Crippen LogP contribution in [0.2, 0.25) is 0 Å². The summed E-state index contributed by atoms with van der Waals surface area (Å²) in [5.74, 6) is 0. The Balaban J connectivity index is 1.05. The van der Waals surface area contributed by atoms with Gasteiger partial charge in [-0.2, -0.15) is 0 Å². The van der Waals surface area contributed by atoms with Gasteiger partial charge in [0.15, 0.2) is 0 Å². The normalized spacial score (nSPS) is 14.8. The molecule has 10 rings (SSSR count). The summed E-state index contributed by atoms with van der Waals surface area (Å²) in [5.41, 5.74) is 15.2. The van der Waals surface area contributed by atoms with Crippen molar-refractivity contribution in [2.75, 3.05) is 4.90 Å². The smallest absolute Gasteiger partial charge is 0.0541 e. The number of hydrogen-bond donors (Lipinski definition) is 0. The predicted octanol–water partition coefficient (Wildman–Crippen LogP) is 15.2. The zero-order chi connectivity index (χ0) is 39.2. The molecule has 1 aliphatic carbocycles. The highest BCUT2D eigenvalue weighted by molar-refractivity contribution is 6.10. The van der Waals surface area contributed by atoms with Crippen LogP contribution in [0.1, 0.15) is 25.0 Å². The first kappa shape index (κ1) is 35.3. The minimum atomic E-state index is -0.229. The topological polar surface area (TPSA) is 8.17 Å². The maximum absolute atomic E-state index is 4.49. The van der Waals surface area contributed by atoms with Gasteiger partial charge in [-0.3, -0.25) is 0 Å². The first-order valence-corrected chi connectivity index (χ1v) is 20.2. The highest BCUT2D eigenvalue weighted by atomic mass is 15.1. The van der Waals surface area contributed by atoms with Crippen LogP contribution in [-0.2, 0) is 11.8 Å². The molecule has 0 saturated heterocycles. The van der Waals surface area contributed by atoms with E-state index in [1.165, 1.54) is 71.6 Å². The summed E-state index contributed by atoms with van der Waals surface area (Å²) < 4.78 is 2.40. The summed E-state index contributed by atoms with van der Waals surface area (Å²) in [6.45, 7) is 9.06. The van der Waals surface area contributed by atoms with Gasteiger partial charge in [0.05, 0.1) is 11.0 Å². The lowest BCUT2D eigenvalue weighted by Gasteiger charge is -2.32. The van der Waals surface area contributed by atoms with Crippen LogP contribution in [-0.4, -0.2) is 4.57 Å². The van der Waals surface area contributed by atoms with Crippen molar-refractivity contribution in [1.82, 2.24) is 4.57 Å². The van der Waals surface area contributed by atoms with Crippen molar-refractivity contribution in [3.8, 4) is 27.9 Å². The van der Waals surface area contributed by atoms with Gasteiger partial charge in [0.2, 0.25) is 0 Å². The third-order valence-electron chi connectivity index (χ3n) is 12.0. The quantitative estimate of drug-likeness (QED) is 0.165. The maximum atomic E-state index is 4.49. The van der Waals surface area contributed by atoms with E-state index in [4.69, 9.17) is 0 Å². The standard InChI is InChI=1S/C56H44N2/c1-39-16-6-4-7-18-41-29-32-50(38-53(41)56(39,2)3)57(47-23-8-5-9-24-47)48-25-15-22-45(36-48)42-20-14-21-43(34-42)46-30-33-55-52(37-46)51-26-12-13-27-54(51)58(55)49-31-28-40-17-10-11-19-44(40)35-49/h4-17,19-38H,1,18H2,2-3H3/b7-4-,16-6-. The van der Waals surface area contributed by atoms with Crippen LogP contribution >= 0.6 is 0 Å². The van der Waals surface area contributed by atoms with Crippen LogP contribution in [0.15, 0.2) is 218 Å². The number of fused-ring (bicyclic) bond motifs is 5. The Kier molecular flexibility index (Phi) is 8.76. The lowest BCUT2D eigenvalue weighted by Crippen LogP contribution is -2.21. The highest BCUT2D eigenvalue weighted by Gasteiger charge is 2.27. The van der Waals surface area contributed by atoms with Gasteiger partial charge in [0.25, 0.3) is 0 Å². The molecule has 0 N–H and O–H groups in total. The monoisotopic (exact) mass is 744 g/mol. The summed E-state index contributed by atoms with van der Waals surface area (Å²) in [5, 5.41) is 4.99. The molecule has 1 aromatic heterocycles. The van der Waals surface area contributed by atoms with Gasteiger partial charge in [-0.05, 0) is 129 Å². The first-order chi connectivity index (χ1) is 28.4. The van der Waals surface area contributed by atoms with Gasteiger partial charge in [-0.1, -0.05) is 154 Å². The maximum Gasteiger partial charge on any atom is 0.0541 e. The van der Waals surface area contributed by atoms with Crippen molar-refractivity contribution >= 4 is 49.6 Å². The van der Waals surface area contributed by atoms with Crippen molar-refractivity contribution in [1.29, 1.82) is 0 Å². The second kappa shape index (κ2) is 14.4. The second-order valence-electron chi connectivity index (χ2n) is 15.9. The van der Waals surface area contributed by atoms with Crippen molar-refractivity contribution in [2.24, 2.45) is 0 Å². The molecule has 2 heteroatoms. The fraction of sp³-hybridized carbons (Fsp3) is 0.0714. The molecule has 0 radical (unpaired) electrons. The highest BCUT2D eigenvalue weighted by Crippen LogP contribution is 2.42. The molecule has 0 fully saturated rings. The number of nitrogens with zero attached hydrogens (tertiary/aromatic N) is 2. The van der Waals surface area contributed by atoms with Crippen molar-refractivity contribution < 1.29 is 0 Å². The molecular formula is C56H44N2. The van der Waals surface area contributed by atoms with E-state index in [9.17, 15) is 0 Å². The fourth-order valence-electron chi connectivity index (χ4n) is 8.76. The van der Waals surface area contributed by atoms with E-state index in [2.05, 4.69) is 236 Å². The van der Waals surface area contributed by atoms with Gasteiger partial charge in [-0.25, -0.2) is 0 Å². The molecule has 278 valence electrons. The number of hydrogen-bond acceptors (Lipinski definition) is 1. The molecule has 0 spiro atoms. The minimum absolute atomic E-state index is 0.229. The molecule has 0 amide bonds. The summed E-state index contributed by atoms with van der Waals surface area (Å²) in [4.78, 5) is 2.38. The minimum Gasteiger partial charge on any atom is -0.310 e. The summed E-state index contributed by atoms with van der Waals surface area (Å²) in [7, 11) is 0. The van der Waals surface area contributed by atoms with E-state index in [1.54, 1.807) is 0 Å². The second-order valence-corrected chi connectivity index (χ2v) is 15.9. The Morgan fingerprint density at radius 2 is 1.17 bits per heavy atom. The first-order valence-electron chi connectivity index (χ1n) is 20.2. The van der Waals surface area contributed by atoms with Crippen molar-refractivity contribution in [2.45, 2.75) is 25.7 Å². The number of anilines is 3. The Labute approximate surface area is 341 Å². The SMILES string of the molecule is C=C1/C=C\C=C/Cc2ccc(N(c3ccccc3)c3cccc(-c4cccc(-c5ccc6c(c5)c5ccccc5n6-c5ccc6ccccc6c5)c4)c3)cc2C1(C)C. The van der Waals surface area contributed by atoms with Crippen LogP contribution in [0.25, 0.3) is 60.5 Å². The zero-order valence-corrected chi connectivity index (χ0v) is 32.9. The van der Waals surface area contributed by atoms with Crippen LogP contribution in [0.5, 0.6) is 0 Å². The molecule has 0 atom stereocenters. The number of allylic oxidation sites excluding steroid dienone is 5. The van der Waals surface area contributed by atoms with Crippen LogP contribution in [0.3, 0.4) is 0 Å². The molecule has 0 unspecified atom stereocenters. The van der Waals surface area contributed by atoms with Gasteiger partial charge >= 0.3 is 0 Å². The van der Waals surface area contributed by atoms with Crippen LogP contribution < -0.4 is 4.90 Å². The molecule has 2 nitrogen and oxygen atoms in total. The van der Waals surface area contributed by atoms with Gasteiger partial charge < -0.3 is 9.47 Å². The fourth-order valence-corrected chi connectivity index (χ4v) is 8.76. The van der Waals surface area contributed by atoms with Crippen LogP contribution in [0.4, 0.5) is 17.1 Å². The number of rotatable bonds is 6. The van der Waals surface area contributed by atoms with Gasteiger partial charge in [0, 0.05) is 38.9 Å². The average molecular weight is 745 g/mol. The Morgan fingerprint density at radius 1 is 0.500 bits per heavy atom. The molecule has 0 bridgehead atoms.